The van der Waals surface area contributed by atoms with E-state index in [1.165, 1.54) is 5.56 Å². The van der Waals surface area contributed by atoms with Gasteiger partial charge in [0.05, 0.1) is 6.26 Å². The Morgan fingerprint density at radius 2 is 2.05 bits per heavy atom. The van der Waals surface area contributed by atoms with E-state index in [0.29, 0.717) is 18.8 Å². The number of hydrogen-bond acceptors (Lipinski definition) is 3. The maximum atomic E-state index is 12.3. The Morgan fingerprint density at radius 3 is 2.63 bits per heavy atom. The third-order valence-corrected chi connectivity index (χ3v) is 3.15. The topological polar surface area (TPSA) is 46.3 Å². The van der Waals surface area contributed by atoms with Crippen LogP contribution in [-0.2, 0) is 6.42 Å². The summed E-state index contributed by atoms with van der Waals surface area (Å²) in [5, 5.41) is 0. The normalized spacial score (nSPS) is 10.4. The molecule has 0 atom stereocenters. The molecule has 0 spiro atoms. The van der Waals surface area contributed by atoms with Crippen LogP contribution in [0.25, 0.3) is 0 Å². The molecule has 2 aromatic heterocycles. The Hall–Kier alpha value is -2.10. The molecule has 4 nitrogen and oxygen atoms in total. The standard InChI is InChI=1S/C15H18N2O2/c1-3-17(10-6-13-4-8-16-9-5-13)15(18)14-12(2)7-11-19-14/h4-5,7-9,11H,3,6,10H2,1-2H3. The Labute approximate surface area is 113 Å². The third kappa shape index (κ3) is 3.22. The third-order valence-electron chi connectivity index (χ3n) is 3.15. The zero-order valence-corrected chi connectivity index (χ0v) is 11.3. The number of likely N-dealkylation sites (N-methyl/N-ethyl adjacent to an activating group) is 1. The lowest BCUT2D eigenvalue weighted by atomic mass is 10.2. The minimum Gasteiger partial charge on any atom is -0.459 e. The number of carbonyl (C=O) groups is 1. The summed E-state index contributed by atoms with van der Waals surface area (Å²) in [5.41, 5.74) is 2.06. The first-order valence-corrected chi connectivity index (χ1v) is 6.44. The van der Waals surface area contributed by atoms with Gasteiger partial charge in [0, 0.05) is 31.0 Å². The van der Waals surface area contributed by atoms with Crippen LogP contribution in [0.15, 0.2) is 41.3 Å². The molecule has 0 aliphatic rings. The predicted octanol–water partition coefficient (Wildman–Crippen LogP) is 2.69. The minimum absolute atomic E-state index is 0.0425. The molecule has 0 fully saturated rings. The average molecular weight is 258 g/mol. The van der Waals surface area contributed by atoms with E-state index in [-0.39, 0.29) is 5.91 Å². The Bertz CT molecular complexity index is 534. The van der Waals surface area contributed by atoms with E-state index in [9.17, 15) is 4.79 Å². The highest BCUT2D eigenvalue weighted by Crippen LogP contribution is 2.12. The van der Waals surface area contributed by atoms with E-state index in [1.807, 2.05) is 32.0 Å². The summed E-state index contributed by atoms with van der Waals surface area (Å²) in [6, 6.07) is 5.75. The van der Waals surface area contributed by atoms with Gasteiger partial charge in [0.15, 0.2) is 5.76 Å². The van der Waals surface area contributed by atoms with Crippen LogP contribution in [0.1, 0.15) is 28.6 Å². The van der Waals surface area contributed by atoms with Crippen LogP contribution >= 0.6 is 0 Å². The quantitative estimate of drug-likeness (QED) is 0.828. The van der Waals surface area contributed by atoms with E-state index < -0.39 is 0 Å². The molecule has 2 rings (SSSR count). The van der Waals surface area contributed by atoms with Crippen LogP contribution in [0.5, 0.6) is 0 Å². The molecule has 0 N–H and O–H groups in total. The smallest absolute Gasteiger partial charge is 0.289 e. The maximum Gasteiger partial charge on any atom is 0.289 e. The largest absolute Gasteiger partial charge is 0.459 e. The highest BCUT2D eigenvalue weighted by atomic mass is 16.3. The number of carbonyl (C=O) groups excluding carboxylic acids is 1. The van der Waals surface area contributed by atoms with Gasteiger partial charge in [0.1, 0.15) is 0 Å². The summed E-state index contributed by atoms with van der Waals surface area (Å²) in [5.74, 6) is 0.399. The number of amides is 1. The van der Waals surface area contributed by atoms with Crippen LogP contribution in [0.2, 0.25) is 0 Å². The fourth-order valence-electron chi connectivity index (χ4n) is 1.95. The molecule has 0 aliphatic heterocycles. The maximum absolute atomic E-state index is 12.3. The second-order valence-corrected chi connectivity index (χ2v) is 4.42. The molecule has 4 heteroatoms. The summed E-state index contributed by atoms with van der Waals surface area (Å²) in [7, 11) is 0. The molecular formula is C15H18N2O2. The molecule has 0 bridgehead atoms. The van der Waals surface area contributed by atoms with Gasteiger partial charge < -0.3 is 9.32 Å². The predicted molar refractivity (Wildman–Crippen MR) is 73.0 cm³/mol. The van der Waals surface area contributed by atoms with Crippen molar-refractivity contribution in [1.82, 2.24) is 9.88 Å². The van der Waals surface area contributed by atoms with Crippen molar-refractivity contribution in [2.75, 3.05) is 13.1 Å². The van der Waals surface area contributed by atoms with Gasteiger partial charge in [0.25, 0.3) is 5.91 Å². The molecule has 1 amide bonds. The van der Waals surface area contributed by atoms with Crippen molar-refractivity contribution < 1.29 is 9.21 Å². The van der Waals surface area contributed by atoms with Gasteiger partial charge in [-0.15, -0.1) is 0 Å². The van der Waals surface area contributed by atoms with Crippen molar-refractivity contribution in [2.24, 2.45) is 0 Å². The van der Waals surface area contributed by atoms with E-state index in [4.69, 9.17) is 4.42 Å². The van der Waals surface area contributed by atoms with Crippen LogP contribution in [0, 0.1) is 6.92 Å². The lowest BCUT2D eigenvalue weighted by Crippen LogP contribution is -2.32. The number of furan rings is 1. The first-order valence-electron chi connectivity index (χ1n) is 6.44. The van der Waals surface area contributed by atoms with Crippen LogP contribution in [0.4, 0.5) is 0 Å². The number of rotatable bonds is 5. The molecule has 0 saturated heterocycles. The average Bonchev–Trinajstić information content (AvgIpc) is 2.86. The van der Waals surface area contributed by atoms with Gasteiger partial charge in [-0.1, -0.05) is 0 Å². The summed E-state index contributed by atoms with van der Waals surface area (Å²) in [6.45, 7) is 5.21. The molecule has 0 saturated carbocycles. The zero-order chi connectivity index (χ0) is 13.7. The van der Waals surface area contributed by atoms with Gasteiger partial charge in [-0.05, 0) is 44.0 Å². The molecule has 2 aromatic rings. The van der Waals surface area contributed by atoms with Crippen molar-refractivity contribution in [1.29, 1.82) is 0 Å². The lowest BCUT2D eigenvalue weighted by molar-refractivity contribution is 0.0733. The number of pyridine rings is 1. The van der Waals surface area contributed by atoms with Crippen molar-refractivity contribution in [3.8, 4) is 0 Å². The van der Waals surface area contributed by atoms with Gasteiger partial charge in [-0.2, -0.15) is 0 Å². The first kappa shape index (κ1) is 13.3. The zero-order valence-electron chi connectivity index (χ0n) is 11.3. The van der Waals surface area contributed by atoms with E-state index >= 15 is 0 Å². The number of aryl methyl sites for hydroxylation is 1. The van der Waals surface area contributed by atoms with Gasteiger partial charge >= 0.3 is 0 Å². The molecule has 19 heavy (non-hydrogen) atoms. The second kappa shape index (κ2) is 6.18. The first-order chi connectivity index (χ1) is 9.22. The number of aromatic nitrogens is 1. The van der Waals surface area contributed by atoms with Crippen molar-refractivity contribution in [3.05, 3.63) is 53.7 Å². The van der Waals surface area contributed by atoms with E-state index in [2.05, 4.69) is 4.98 Å². The summed E-state index contributed by atoms with van der Waals surface area (Å²) < 4.78 is 5.26. The van der Waals surface area contributed by atoms with Crippen LogP contribution in [-0.4, -0.2) is 28.9 Å². The number of hydrogen-bond donors (Lipinski definition) is 0. The van der Waals surface area contributed by atoms with Crippen molar-refractivity contribution in [3.63, 3.8) is 0 Å². The van der Waals surface area contributed by atoms with Gasteiger partial charge in [-0.25, -0.2) is 0 Å². The Balaban J connectivity index is 2.01. The minimum atomic E-state index is -0.0425. The summed E-state index contributed by atoms with van der Waals surface area (Å²) >= 11 is 0. The molecule has 100 valence electrons. The fourth-order valence-corrected chi connectivity index (χ4v) is 1.95. The molecule has 0 radical (unpaired) electrons. The molecule has 0 unspecified atom stereocenters. The van der Waals surface area contributed by atoms with E-state index in [0.717, 1.165) is 12.0 Å². The number of nitrogens with zero attached hydrogens (tertiary/aromatic N) is 2. The SMILES string of the molecule is CCN(CCc1ccncc1)C(=O)c1occc1C. The van der Waals surface area contributed by atoms with Crippen molar-refractivity contribution >= 4 is 5.91 Å². The Kier molecular flexibility index (Phi) is 4.34. The van der Waals surface area contributed by atoms with Crippen LogP contribution in [0.3, 0.4) is 0 Å². The summed E-state index contributed by atoms with van der Waals surface area (Å²) in [6.07, 6.45) is 5.91. The highest BCUT2D eigenvalue weighted by molar-refractivity contribution is 5.92. The lowest BCUT2D eigenvalue weighted by Gasteiger charge is -2.20. The second-order valence-electron chi connectivity index (χ2n) is 4.42. The van der Waals surface area contributed by atoms with Gasteiger partial charge in [0.2, 0.25) is 0 Å². The molecule has 0 aliphatic carbocycles. The Morgan fingerprint density at radius 1 is 1.32 bits per heavy atom. The van der Waals surface area contributed by atoms with Gasteiger partial charge in [-0.3, -0.25) is 9.78 Å². The van der Waals surface area contributed by atoms with Crippen molar-refractivity contribution in [2.45, 2.75) is 20.3 Å². The monoisotopic (exact) mass is 258 g/mol. The van der Waals surface area contributed by atoms with E-state index in [1.54, 1.807) is 23.6 Å². The molecular weight excluding hydrogens is 240 g/mol. The summed E-state index contributed by atoms with van der Waals surface area (Å²) in [4.78, 5) is 18.1. The highest BCUT2D eigenvalue weighted by Gasteiger charge is 2.18. The molecule has 2 heterocycles. The molecule has 0 aromatic carbocycles. The van der Waals surface area contributed by atoms with Crippen LogP contribution < -0.4 is 0 Å². The fraction of sp³-hybridized carbons (Fsp3) is 0.333.